The van der Waals surface area contributed by atoms with Crippen molar-refractivity contribution in [2.24, 2.45) is 0 Å². The second kappa shape index (κ2) is 5.84. The molecule has 0 amide bonds. The highest BCUT2D eigenvalue weighted by atomic mass is 32.1. The summed E-state index contributed by atoms with van der Waals surface area (Å²) in [5.74, 6) is -0.321. The van der Waals surface area contributed by atoms with E-state index in [1.807, 2.05) is 24.6 Å². The Hall–Kier alpha value is -1.88. The Morgan fingerprint density at radius 2 is 2.05 bits per heavy atom. The molecule has 0 saturated carbocycles. The number of nitrogens with one attached hydrogen (secondary N) is 1. The summed E-state index contributed by atoms with van der Waals surface area (Å²) in [6.45, 7) is 4.10. The lowest BCUT2D eigenvalue weighted by Gasteiger charge is -2.14. The molecule has 0 aliphatic heterocycles. The van der Waals surface area contributed by atoms with E-state index in [9.17, 15) is 4.79 Å². The number of ether oxygens (including phenoxy) is 1. The molecule has 1 N–H and O–H groups in total. The molecule has 1 aromatic heterocycles. The monoisotopic (exact) mass is 276 g/mol. The quantitative estimate of drug-likeness (QED) is 0.869. The van der Waals surface area contributed by atoms with E-state index in [4.69, 9.17) is 0 Å². The molecule has 0 spiro atoms. The number of methoxy groups -OCH3 is 1. The number of benzene rings is 1. The van der Waals surface area contributed by atoms with Crippen molar-refractivity contribution in [3.63, 3.8) is 0 Å². The number of esters is 1. The predicted molar refractivity (Wildman–Crippen MR) is 76.7 cm³/mol. The first kappa shape index (κ1) is 13.5. The van der Waals surface area contributed by atoms with Gasteiger partial charge in [-0.2, -0.15) is 0 Å². The molecular formula is C14H16N2O2S. The van der Waals surface area contributed by atoms with Gasteiger partial charge in [-0.05, 0) is 38.1 Å². The average Bonchev–Trinajstić information content (AvgIpc) is 2.85. The topological polar surface area (TPSA) is 51.2 Å². The number of anilines is 1. The second-order valence-electron chi connectivity index (χ2n) is 4.24. The third-order valence-electron chi connectivity index (χ3n) is 2.87. The van der Waals surface area contributed by atoms with Crippen molar-refractivity contribution in [2.75, 3.05) is 12.4 Å². The van der Waals surface area contributed by atoms with Crippen molar-refractivity contribution in [2.45, 2.75) is 19.9 Å². The normalized spacial score (nSPS) is 11.9. The second-order valence-corrected chi connectivity index (χ2v) is 5.12. The van der Waals surface area contributed by atoms with Crippen molar-refractivity contribution in [3.8, 4) is 0 Å². The molecule has 0 radical (unpaired) electrons. The molecular weight excluding hydrogens is 260 g/mol. The number of hydrogen-bond donors (Lipinski definition) is 1. The summed E-state index contributed by atoms with van der Waals surface area (Å²) >= 11 is 1.64. The van der Waals surface area contributed by atoms with Gasteiger partial charge in [0.2, 0.25) is 0 Å². The zero-order valence-corrected chi connectivity index (χ0v) is 12.0. The molecule has 4 nitrogen and oxygen atoms in total. The number of rotatable bonds is 4. The predicted octanol–water partition coefficient (Wildman–Crippen LogP) is 3.41. The molecule has 1 heterocycles. The molecule has 2 aromatic rings. The van der Waals surface area contributed by atoms with Gasteiger partial charge in [0.15, 0.2) is 0 Å². The Kier molecular flexibility index (Phi) is 4.16. The zero-order chi connectivity index (χ0) is 13.8. The summed E-state index contributed by atoms with van der Waals surface area (Å²) < 4.78 is 4.67. The van der Waals surface area contributed by atoms with Crippen molar-refractivity contribution in [1.82, 2.24) is 4.98 Å². The van der Waals surface area contributed by atoms with Crippen LogP contribution < -0.4 is 5.32 Å². The fraction of sp³-hybridized carbons (Fsp3) is 0.286. The molecule has 1 aromatic carbocycles. The maximum absolute atomic E-state index is 11.3. The van der Waals surface area contributed by atoms with Crippen LogP contribution in [0.25, 0.3) is 0 Å². The van der Waals surface area contributed by atoms with Crippen LogP contribution in [0.5, 0.6) is 0 Å². The van der Waals surface area contributed by atoms with Crippen molar-refractivity contribution >= 4 is 23.0 Å². The Bertz CT molecular complexity index is 563. The third kappa shape index (κ3) is 3.12. The fourth-order valence-corrected chi connectivity index (χ4v) is 2.67. The number of thiazole rings is 1. The van der Waals surface area contributed by atoms with Gasteiger partial charge >= 0.3 is 5.97 Å². The van der Waals surface area contributed by atoms with Crippen LogP contribution in [0.1, 0.15) is 33.9 Å². The van der Waals surface area contributed by atoms with Gasteiger partial charge in [-0.3, -0.25) is 0 Å². The first-order valence-electron chi connectivity index (χ1n) is 5.96. The minimum atomic E-state index is -0.321. The summed E-state index contributed by atoms with van der Waals surface area (Å²) in [6.07, 6.45) is 0. The van der Waals surface area contributed by atoms with E-state index in [1.165, 1.54) is 12.0 Å². The molecule has 19 heavy (non-hydrogen) atoms. The highest BCUT2D eigenvalue weighted by Crippen LogP contribution is 2.25. The first-order valence-corrected chi connectivity index (χ1v) is 6.84. The molecule has 0 saturated heterocycles. The molecule has 0 bridgehead atoms. The van der Waals surface area contributed by atoms with Gasteiger partial charge in [-0.1, -0.05) is 0 Å². The Labute approximate surface area is 116 Å². The van der Waals surface area contributed by atoms with E-state index in [0.29, 0.717) is 5.56 Å². The lowest BCUT2D eigenvalue weighted by molar-refractivity contribution is 0.0601. The van der Waals surface area contributed by atoms with Gasteiger partial charge in [0.1, 0.15) is 0 Å². The van der Waals surface area contributed by atoms with Crippen molar-refractivity contribution in [1.29, 1.82) is 0 Å². The van der Waals surface area contributed by atoms with E-state index in [-0.39, 0.29) is 12.0 Å². The minimum Gasteiger partial charge on any atom is -0.465 e. The number of carbonyl (C=O) groups excluding carboxylic acids is 1. The van der Waals surface area contributed by atoms with Gasteiger partial charge in [0.25, 0.3) is 0 Å². The van der Waals surface area contributed by atoms with E-state index in [2.05, 4.69) is 22.0 Å². The van der Waals surface area contributed by atoms with Gasteiger partial charge in [-0.15, -0.1) is 11.3 Å². The Morgan fingerprint density at radius 1 is 1.37 bits per heavy atom. The first-order chi connectivity index (χ1) is 9.11. The lowest BCUT2D eigenvalue weighted by Crippen LogP contribution is -2.07. The van der Waals surface area contributed by atoms with Crippen molar-refractivity contribution in [3.05, 3.63) is 45.9 Å². The fourth-order valence-electron chi connectivity index (χ4n) is 1.86. The van der Waals surface area contributed by atoms with Crippen LogP contribution in [-0.2, 0) is 4.74 Å². The third-order valence-corrected chi connectivity index (χ3v) is 3.98. The molecule has 0 aliphatic rings. The Balaban J connectivity index is 2.08. The van der Waals surface area contributed by atoms with Gasteiger partial charge in [-0.25, -0.2) is 9.78 Å². The maximum atomic E-state index is 11.3. The number of nitrogens with zero attached hydrogens (tertiary/aromatic N) is 1. The van der Waals surface area contributed by atoms with Crippen LogP contribution in [0, 0.1) is 6.92 Å². The molecule has 0 aliphatic carbocycles. The Morgan fingerprint density at radius 3 is 2.58 bits per heavy atom. The molecule has 5 heteroatoms. The average molecular weight is 276 g/mol. The van der Waals surface area contributed by atoms with Crippen LogP contribution in [0.3, 0.4) is 0 Å². The van der Waals surface area contributed by atoms with Crippen molar-refractivity contribution < 1.29 is 9.53 Å². The number of carbonyl (C=O) groups is 1. The highest BCUT2D eigenvalue weighted by Gasteiger charge is 2.11. The largest absolute Gasteiger partial charge is 0.465 e. The molecule has 1 unspecified atom stereocenters. The van der Waals surface area contributed by atoms with E-state index in [1.54, 1.807) is 23.5 Å². The summed E-state index contributed by atoms with van der Waals surface area (Å²) in [5, 5.41) is 3.39. The number of hydrogen-bond acceptors (Lipinski definition) is 5. The highest BCUT2D eigenvalue weighted by molar-refractivity contribution is 7.09. The molecule has 1 atom stereocenters. The molecule has 0 fully saturated rings. The van der Waals surface area contributed by atoms with Gasteiger partial charge in [0.05, 0.1) is 29.9 Å². The van der Waals surface area contributed by atoms with Crippen LogP contribution in [0.15, 0.2) is 29.8 Å². The zero-order valence-electron chi connectivity index (χ0n) is 11.1. The molecule has 100 valence electrons. The van der Waals surface area contributed by atoms with Crippen LogP contribution in [0.4, 0.5) is 5.69 Å². The van der Waals surface area contributed by atoms with Gasteiger partial charge in [0, 0.05) is 10.6 Å². The SMILES string of the molecule is COC(=O)c1ccc(NC(C)c2scnc2C)cc1. The maximum Gasteiger partial charge on any atom is 0.337 e. The standard InChI is InChI=1S/C14H16N2O2S/c1-9-13(19-8-15-9)10(2)16-12-6-4-11(5-7-12)14(17)18-3/h4-8,10,16H,1-3H3. The number of aromatic nitrogens is 1. The smallest absolute Gasteiger partial charge is 0.337 e. The van der Waals surface area contributed by atoms with E-state index >= 15 is 0 Å². The molecule has 2 rings (SSSR count). The number of aryl methyl sites for hydroxylation is 1. The minimum absolute atomic E-state index is 0.191. The van der Waals surface area contributed by atoms with Gasteiger partial charge < -0.3 is 10.1 Å². The van der Waals surface area contributed by atoms with E-state index in [0.717, 1.165) is 11.4 Å². The summed E-state index contributed by atoms with van der Waals surface area (Å²) in [4.78, 5) is 16.8. The summed E-state index contributed by atoms with van der Waals surface area (Å²) in [6, 6.07) is 7.44. The van der Waals surface area contributed by atoms with Crippen LogP contribution in [-0.4, -0.2) is 18.1 Å². The lowest BCUT2D eigenvalue weighted by atomic mass is 10.2. The summed E-state index contributed by atoms with van der Waals surface area (Å²) in [5.41, 5.74) is 4.42. The van der Waals surface area contributed by atoms with E-state index < -0.39 is 0 Å². The summed E-state index contributed by atoms with van der Waals surface area (Å²) in [7, 11) is 1.38. The van der Waals surface area contributed by atoms with Crippen LogP contribution >= 0.6 is 11.3 Å². The van der Waals surface area contributed by atoms with Crippen LogP contribution in [0.2, 0.25) is 0 Å².